The van der Waals surface area contributed by atoms with Gasteiger partial charge in [-0.2, -0.15) is 4.31 Å². The highest BCUT2D eigenvalue weighted by molar-refractivity contribution is 7.89. The van der Waals surface area contributed by atoms with E-state index in [0.717, 1.165) is 0 Å². The van der Waals surface area contributed by atoms with Crippen LogP contribution >= 0.6 is 0 Å². The van der Waals surface area contributed by atoms with Gasteiger partial charge < -0.3 is 19.2 Å². The van der Waals surface area contributed by atoms with E-state index in [-0.39, 0.29) is 42.5 Å². The molecule has 1 aromatic rings. The van der Waals surface area contributed by atoms with Crippen LogP contribution in [0.4, 0.5) is 0 Å². The number of benzene rings is 1. The first-order chi connectivity index (χ1) is 12.3. The summed E-state index contributed by atoms with van der Waals surface area (Å²) >= 11 is 0. The molecule has 0 bridgehead atoms. The Hall–Kier alpha value is -2.13. The number of piperazine rings is 1. The maximum Gasteiger partial charge on any atom is 0.243 e. The van der Waals surface area contributed by atoms with E-state index in [1.165, 1.54) is 37.6 Å². The zero-order valence-electron chi connectivity index (χ0n) is 15.2. The Morgan fingerprint density at radius 1 is 1.00 bits per heavy atom. The van der Waals surface area contributed by atoms with Gasteiger partial charge >= 0.3 is 0 Å². The van der Waals surface area contributed by atoms with E-state index in [1.54, 1.807) is 11.0 Å². The topological polar surface area (TPSA) is 93.2 Å². The summed E-state index contributed by atoms with van der Waals surface area (Å²) in [6.07, 6.45) is 0.376. The standard InChI is InChI=1S/C17H24N2O6S/c1-13(20)4-7-17(21)18-8-10-19(11-9-18)26(22,23)14-5-6-15(24-2)16(12-14)25-3/h5-6,12H,4,7-11H2,1-3H3. The number of ether oxygens (including phenoxy) is 2. The molecule has 1 heterocycles. The van der Waals surface area contributed by atoms with Crippen molar-refractivity contribution in [1.82, 2.24) is 9.21 Å². The molecule has 0 aliphatic carbocycles. The fourth-order valence-corrected chi connectivity index (χ4v) is 4.18. The molecule has 144 valence electrons. The minimum atomic E-state index is -3.69. The third kappa shape index (κ3) is 4.53. The van der Waals surface area contributed by atoms with Crippen LogP contribution in [0.15, 0.2) is 23.1 Å². The van der Waals surface area contributed by atoms with E-state index < -0.39 is 10.0 Å². The predicted octanol–water partition coefficient (Wildman–Crippen LogP) is 0.906. The van der Waals surface area contributed by atoms with Crippen LogP contribution in [-0.4, -0.2) is 69.7 Å². The van der Waals surface area contributed by atoms with Crippen LogP contribution in [0.1, 0.15) is 19.8 Å². The minimum Gasteiger partial charge on any atom is -0.493 e. The molecule has 8 nitrogen and oxygen atoms in total. The number of hydrogen-bond donors (Lipinski definition) is 0. The molecule has 1 aliphatic heterocycles. The third-order valence-electron chi connectivity index (χ3n) is 4.28. The number of rotatable bonds is 7. The normalized spacial score (nSPS) is 15.6. The lowest BCUT2D eigenvalue weighted by Crippen LogP contribution is -2.50. The van der Waals surface area contributed by atoms with Crippen molar-refractivity contribution < 1.29 is 27.5 Å². The van der Waals surface area contributed by atoms with Gasteiger partial charge in [0.25, 0.3) is 0 Å². The fraction of sp³-hybridized carbons (Fsp3) is 0.529. The van der Waals surface area contributed by atoms with Gasteiger partial charge in [-0.1, -0.05) is 0 Å². The molecule has 2 rings (SSSR count). The summed E-state index contributed by atoms with van der Waals surface area (Å²) < 4.78 is 37.3. The molecule has 26 heavy (non-hydrogen) atoms. The Morgan fingerprint density at radius 2 is 1.62 bits per heavy atom. The lowest BCUT2D eigenvalue weighted by molar-refractivity contribution is -0.134. The van der Waals surface area contributed by atoms with Crippen molar-refractivity contribution >= 4 is 21.7 Å². The molecule has 1 aromatic carbocycles. The lowest BCUT2D eigenvalue weighted by Gasteiger charge is -2.34. The second kappa shape index (κ2) is 8.50. The number of carbonyl (C=O) groups is 2. The van der Waals surface area contributed by atoms with Gasteiger partial charge in [0.2, 0.25) is 15.9 Å². The molecule has 0 unspecified atom stereocenters. The number of hydrogen-bond acceptors (Lipinski definition) is 6. The monoisotopic (exact) mass is 384 g/mol. The van der Waals surface area contributed by atoms with Gasteiger partial charge in [-0.3, -0.25) is 4.79 Å². The molecular weight excluding hydrogens is 360 g/mol. The van der Waals surface area contributed by atoms with Gasteiger partial charge in [0, 0.05) is 45.1 Å². The molecule has 1 saturated heterocycles. The molecule has 0 spiro atoms. The number of carbonyl (C=O) groups excluding carboxylic acids is 2. The Balaban J connectivity index is 2.06. The highest BCUT2D eigenvalue weighted by Crippen LogP contribution is 2.30. The summed E-state index contributed by atoms with van der Waals surface area (Å²) in [5.74, 6) is 0.635. The van der Waals surface area contributed by atoms with Crippen molar-refractivity contribution in [2.45, 2.75) is 24.7 Å². The molecule has 0 radical (unpaired) electrons. The second-order valence-corrected chi connectivity index (χ2v) is 7.94. The number of methoxy groups -OCH3 is 2. The number of ketones is 1. The largest absolute Gasteiger partial charge is 0.493 e. The summed E-state index contributed by atoms with van der Waals surface area (Å²) in [4.78, 5) is 24.8. The molecule has 9 heteroatoms. The van der Waals surface area contributed by atoms with Crippen molar-refractivity contribution in [3.05, 3.63) is 18.2 Å². The van der Waals surface area contributed by atoms with Crippen molar-refractivity contribution in [1.29, 1.82) is 0 Å². The Kier molecular flexibility index (Phi) is 6.60. The van der Waals surface area contributed by atoms with Gasteiger partial charge in [0.05, 0.1) is 19.1 Å². The number of Topliss-reactive ketones (excluding diaryl/α,β-unsaturated/α-hetero) is 1. The van der Waals surface area contributed by atoms with Crippen LogP contribution in [0.3, 0.4) is 0 Å². The van der Waals surface area contributed by atoms with Crippen molar-refractivity contribution in [3.8, 4) is 11.5 Å². The lowest BCUT2D eigenvalue weighted by atomic mass is 10.2. The average molecular weight is 384 g/mol. The van der Waals surface area contributed by atoms with Gasteiger partial charge in [0.1, 0.15) is 5.78 Å². The van der Waals surface area contributed by atoms with E-state index in [9.17, 15) is 18.0 Å². The molecular formula is C17H24N2O6S. The Morgan fingerprint density at radius 3 is 2.15 bits per heavy atom. The molecule has 1 fully saturated rings. The highest BCUT2D eigenvalue weighted by atomic mass is 32.2. The second-order valence-electron chi connectivity index (χ2n) is 6.00. The van der Waals surface area contributed by atoms with E-state index in [4.69, 9.17) is 9.47 Å². The molecule has 1 aliphatic rings. The van der Waals surface area contributed by atoms with Crippen LogP contribution in [0.2, 0.25) is 0 Å². The van der Waals surface area contributed by atoms with Crippen molar-refractivity contribution in [2.75, 3.05) is 40.4 Å². The summed E-state index contributed by atoms with van der Waals surface area (Å²) in [5, 5.41) is 0. The summed E-state index contributed by atoms with van der Waals surface area (Å²) in [6, 6.07) is 4.45. The van der Waals surface area contributed by atoms with Crippen LogP contribution in [0, 0.1) is 0 Å². The minimum absolute atomic E-state index is 0.0342. The highest BCUT2D eigenvalue weighted by Gasteiger charge is 2.30. The average Bonchev–Trinajstić information content (AvgIpc) is 2.65. The van der Waals surface area contributed by atoms with Gasteiger partial charge in [0.15, 0.2) is 11.5 Å². The number of amides is 1. The zero-order valence-corrected chi connectivity index (χ0v) is 16.0. The first-order valence-corrected chi connectivity index (χ1v) is 9.73. The van der Waals surface area contributed by atoms with Crippen molar-refractivity contribution in [3.63, 3.8) is 0 Å². The Labute approximate surface area is 153 Å². The molecule has 0 N–H and O–H groups in total. The quantitative estimate of drug-likeness (QED) is 0.694. The summed E-state index contributed by atoms with van der Waals surface area (Å²) in [7, 11) is -0.764. The zero-order chi connectivity index (χ0) is 19.3. The SMILES string of the molecule is COc1ccc(S(=O)(=O)N2CCN(C(=O)CCC(C)=O)CC2)cc1OC. The van der Waals surface area contributed by atoms with Gasteiger partial charge in [-0.05, 0) is 19.1 Å². The maximum atomic E-state index is 12.8. The predicted molar refractivity (Wildman–Crippen MR) is 94.8 cm³/mol. The molecule has 1 amide bonds. The molecule has 0 atom stereocenters. The van der Waals surface area contributed by atoms with Crippen LogP contribution in [-0.2, 0) is 19.6 Å². The number of nitrogens with zero attached hydrogens (tertiary/aromatic N) is 2. The molecule has 0 aromatic heterocycles. The van der Waals surface area contributed by atoms with Crippen LogP contribution in [0.25, 0.3) is 0 Å². The maximum absolute atomic E-state index is 12.8. The number of sulfonamides is 1. The van der Waals surface area contributed by atoms with Crippen molar-refractivity contribution in [2.24, 2.45) is 0 Å². The van der Waals surface area contributed by atoms with Crippen LogP contribution in [0.5, 0.6) is 11.5 Å². The summed E-state index contributed by atoms with van der Waals surface area (Å²) in [6.45, 7) is 2.48. The van der Waals surface area contributed by atoms with Gasteiger partial charge in [-0.15, -0.1) is 0 Å². The first kappa shape index (κ1) is 20.2. The smallest absolute Gasteiger partial charge is 0.243 e. The van der Waals surface area contributed by atoms with E-state index in [0.29, 0.717) is 24.6 Å². The van der Waals surface area contributed by atoms with Crippen LogP contribution < -0.4 is 9.47 Å². The molecule has 0 saturated carbocycles. The first-order valence-electron chi connectivity index (χ1n) is 8.29. The summed E-state index contributed by atoms with van der Waals surface area (Å²) in [5.41, 5.74) is 0. The Bertz CT molecular complexity index is 769. The van der Waals surface area contributed by atoms with E-state index in [1.807, 2.05) is 0 Å². The van der Waals surface area contributed by atoms with Gasteiger partial charge in [-0.25, -0.2) is 8.42 Å². The third-order valence-corrected chi connectivity index (χ3v) is 6.17. The fourth-order valence-electron chi connectivity index (χ4n) is 2.75. The van der Waals surface area contributed by atoms with E-state index in [2.05, 4.69) is 0 Å². The van der Waals surface area contributed by atoms with E-state index >= 15 is 0 Å².